The van der Waals surface area contributed by atoms with Crippen molar-refractivity contribution in [3.63, 3.8) is 0 Å². The summed E-state index contributed by atoms with van der Waals surface area (Å²) < 4.78 is 16.8. The van der Waals surface area contributed by atoms with Gasteiger partial charge in [0.25, 0.3) is 0 Å². The zero-order valence-corrected chi connectivity index (χ0v) is 16.8. The van der Waals surface area contributed by atoms with Gasteiger partial charge in [0, 0.05) is 30.8 Å². The van der Waals surface area contributed by atoms with Gasteiger partial charge < -0.3 is 30.2 Å². The first-order valence-corrected chi connectivity index (χ1v) is 9.88. The molecule has 0 spiro atoms. The van der Waals surface area contributed by atoms with Crippen LogP contribution in [-0.2, 0) is 16.1 Å². The molecule has 7 nitrogen and oxygen atoms in total. The maximum absolute atomic E-state index is 12.2. The summed E-state index contributed by atoms with van der Waals surface area (Å²) in [5.41, 5.74) is 7.68. The predicted molar refractivity (Wildman–Crippen MR) is 112 cm³/mol. The van der Waals surface area contributed by atoms with Crippen LogP contribution in [0.25, 0.3) is 0 Å². The first-order chi connectivity index (χ1) is 14.2. The minimum absolute atomic E-state index is 0.0246. The summed E-state index contributed by atoms with van der Waals surface area (Å²) in [7, 11) is 1.66. The van der Waals surface area contributed by atoms with Gasteiger partial charge in [0.2, 0.25) is 5.91 Å². The minimum Gasteiger partial charge on any atom is -0.496 e. The molecule has 1 heterocycles. The van der Waals surface area contributed by atoms with Gasteiger partial charge in [0.05, 0.1) is 39.5 Å². The Morgan fingerprint density at radius 3 is 2.69 bits per heavy atom. The molecule has 3 N–H and O–H groups in total. The minimum atomic E-state index is -0.0246. The second-order valence-electron chi connectivity index (χ2n) is 6.84. The highest BCUT2D eigenvalue weighted by molar-refractivity contribution is 5.96. The van der Waals surface area contributed by atoms with Gasteiger partial charge in [0.15, 0.2) is 0 Å². The second kappa shape index (κ2) is 10.8. The molecule has 29 heavy (non-hydrogen) atoms. The molecule has 0 bridgehead atoms. The van der Waals surface area contributed by atoms with Crippen LogP contribution >= 0.6 is 0 Å². The van der Waals surface area contributed by atoms with Gasteiger partial charge in [-0.3, -0.25) is 4.79 Å². The Labute approximate surface area is 171 Å². The third-order valence-electron chi connectivity index (χ3n) is 4.83. The lowest BCUT2D eigenvalue weighted by Crippen LogP contribution is -2.57. The molecule has 0 aliphatic carbocycles. The van der Waals surface area contributed by atoms with E-state index in [2.05, 4.69) is 5.32 Å². The molecule has 1 amide bonds. The fraction of sp³-hybridized carbons (Fsp3) is 0.409. The van der Waals surface area contributed by atoms with E-state index in [4.69, 9.17) is 19.9 Å². The molecule has 156 valence electrons. The van der Waals surface area contributed by atoms with Gasteiger partial charge in [0.1, 0.15) is 11.5 Å². The van der Waals surface area contributed by atoms with E-state index < -0.39 is 0 Å². The van der Waals surface area contributed by atoms with E-state index in [0.29, 0.717) is 39.5 Å². The standard InChI is InChI=1S/C22H29N3O4/c1-27-21-6-3-2-5-17(21)16-28-11-4-12-29-20-9-7-18(8-10-20)25-19(13-23)14-24-15-22(25)26/h2-3,5-10,19,24H,4,11-16,23H2,1H3/t19-/m1/s1. The maximum Gasteiger partial charge on any atom is 0.241 e. The summed E-state index contributed by atoms with van der Waals surface area (Å²) in [5, 5.41) is 3.09. The Balaban J connectivity index is 1.41. The Morgan fingerprint density at radius 1 is 1.14 bits per heavy atom. The number of hydrogen-bond donors (Lipinski definition) is 2. The molecule has 2 aromatic carbocycles. The second-order valence-corrected chi connectivity index (χ2v) is 6.84. The van der Waals surface area contributed by atoms with Crippen LogP contribution in [0.4, 0.5) is 5.69 Å². The summed E-state index contributed by atoms with van der Waals surface area (Å²) in [6.45, 7) is 3.14. The topological polar surface area (TPSA) is 86.0 Å². The van der Waals surface area contributed by atoms with Gasteiger partial charge >= 0.3 is 0 Å². The van der Waals surface area contributed by atoms with Crippen LogP contribution in [0.2, 0.25) is 0 Å². The number of ether oxygens (including phenoxy) is 3. The molecule has 1 saturated heterocycles. The summed E-state index contributed by atoms with van der Waals surface area (Å²) in [4.78, 5) is 14.0. The van der Waals surface area contributed by atoms with E-state index in [1.54, 1.807) is 12.0 Å². The Kier molecular flexibility index (Phi) is 7.86. The molecule has 1 fully saturated rings. The SMILES string of the molecule is COc1ccccc1COCCCOc1ccc(N2C(=O)CNC[C@H]2CN)cc1. The lowest BCUT2D eigenvalue weighted by atomic mass is 10.1. The number of nitrogens with two attached hydrogens (primary N) is 1. The van der Waals surface area contributed by atoms with Crippen LogP contribution in [0.5, 0.6) is 11.5 Å². The average Bonchev–Trinajstić information content (AvgIpc) is 2.76. The highest BCUT2D eigenvalue weighted by Crippen LogP contribution is 2.23. The number of rotatable bonds is 10. The lowest BCUT2D eigenvalue weighted by Gasteiger charge is -2.35. The number of amides is 1. The van der Waals surface area contributed by atoms with Crippen molar-refractivity contribution >= 4 is 11.6 Å². The Morgan fingerprint density at radius 2 is 1.93 bits per heavy atom. The van der Waals surface area contributed by atoms with Crippen molar-refractivity contribution in [2.45, 2.75) is 19.1 Å². The van der Waals surface area contributed by atoms with E-state index >= 15 is 0 Å². The zero-order valence-electron chi connectivity index (χ0n) is 16.8. The molecule has 0 saturated carbocycles. The molecule has 1 atom stereocenters. The fourth-order valence-corrected chi connectivity index (χ4v) is 3.33. The fourth-order valence-electron chi connectivity index (χ4n) is 3.33. The number of anilines is 1. The predicted octanol–water partition coefficient (Wildman–Crippen LogP) is 1.94. The molecule has 1 aliphatic rings. The third-order valence-corrected chi connectivity index (χ3v) is 4.83. The van der Waals surface area contributed by atoms with Crippen molar-refractivity contribution in [2.75, 3.05) is 44.9 Å². The summed E-state index contributed by atoms with van der Waals surface area (Å²) in [5.74, 6) is 1.64. The highest BCUT2D eigenvalue weighted by atomic mass is 16.5. The molecule has 3 rings (SSSR count). The van der Waals surface area contributed by atoms with Crippen LogP contribution in [0.15, 0.2) is 48.5 Å². The first kappa shape index (κ1) is 21.1. The largest absolute Gasteiger partial charge is 0.496 e. The number of benzene rings is 2. The van der Waals surface area contributed by atoms with E-state index in [1.165, 1.54) is 0 Å². The van der Waals surface area contributed by atoms with Gasteiger partial charge in [-0.05, 0) is 30.3 Å². The van der Waals surface area contributed by atoms with Crippen molar-refractivity contribution < 1.29 is 19.0 Å². The number of nitrogens with zero attached hydrogens (tertiary/aromatic N) is 1. The Bertz CT molecular complexity index is 782. The van der Waals surface area contributed by atoms with Gasteiger partial charge in [-0.15, -0.1) is 0 Å². The normalized spacial score (nSPS) is 16.7. The number of nitrogens with one attached hydrogen (secondary N) is 1. The van der Waals surface area contributed by atoms with Crippen molar-refractivity contribution in [1.29, 1.82) is 0 Å². The van der Waals surface area contributed by atoms with Crippen molar-refractivity contribution in [2.24, 2.45) is 5.73 Å². The average molecular weight is 399 g/mol. The van der Waals surface area contributed by atoms with Gasteiger partial charge in [-0.25, -0.2) is 0 Å². The summed E-state index contributed by atoms with van der Waals surface area (Å²) >= 11 is 0. The van der Waals surface area contributed by atoms with Crippen LogP contribution in [0.1, 0.15) is 12.0 Å². The third kappa shape index (κ3) is 5.69. The zero-order chi connectivity index (χ0) is 20.5. The number of piperazine rings is 1. The van der Waals surface area contributed by atoms with E-state index in [-0.39, 0.29) is 11.9 Å². The molecule has 1 aliphatic heterocycles. The molecule has 0 radical (unpaired) electrons. The highest BCUT2D eigenvalue weighted by Gasteiger charge is 2.27. The number of carbonyl (C=O) groups is 1. The molecule has 2 aromatic rings. The molecule has 0 aromatic heterocycles. The monoisotopic (exact) mass is 399 g/mol. The summed E-state index contributed by atoms with van der Waals surface area (Å²) in [6, 6.07) is 15.4. The number of methoxy groups -OCH3 is 1. The van der Waals surface area contributed by atoms with Crippen LogP contribution in [-0.4, -0.2) is 51.9 Å². The van der Waals surface area contributed by atoms with Crippen LogP contribution < -0.4 is 25.4 Å². The van der Waals surface area contributed by atoms with Gasteiger partial charge in [-0.2, -0.15) is 0 Å². The maximum atomic E-state index is 12.2. The van der Waals surface area contributed by atoms with Crippen molar-refractivity contribution in [3.05, 3.63) is 54.1 Å². The quantitative estimate of drug-likeness (QED) is 0.594. The van der Waals surface area contributed by atoms with Crippen LogP contribution in [0.3, 0.4) is 0 Å². The number of para-hydroxylation sites is 1. The van der Waals surface area contributed by atoms with E-state index in [0.717, 1.165) is 29.2 Å². The lowest BCUT2D eigenvalue weighted by molar-refractivity contribution is -0.119. The number of hydrogen-bond acceptors (Lipinski definition) is 6. The van der Waals surface area contributed by atoms with Crippen molar-refractivity contribution in [3.8, 4) is 11.5 Å². The van der Waals surface area contributed by atoms with Crippen LogP contribution in [0, 0.1) is 0 Å². The first-order valence-electron chi connectivity index (χ1n) is 9.88. The number of carbonyl (C=O) groups excluding carboxylic acids is 1. The van der Waals surface area contributed by atoms with Gasteiger partial charge in [-0.1, -0.05) is 18.2 Å². The molecule has 0 unspecified atom stereocenters. The van der Waals surface area contributed by atoms with Crippen molar-refractivity contribution in [1.82, 2.24) is 5.32 Å². The van der Waals surface area contributed by atoms with E-state index in [1.807, 2.05) is 48.5 Å². The molecule has 7 heteroatoms. The molecular weight excluding hydrogens is 370 g/mol. The Hall–Kier alpha value is -2.61. The summed E-state index contributed by atoms with van der Waals surface area (Å²) in [6.07, 6.45) is 0.780. The van der Waals surface area contributed by atoms with E-state index in [9.17, 15) is 4.79 Å². The molecular formula is C22H29N3O4. The smallest absolute Gasteiger partial charge is 0.241 e.